The molecule has 3 nitrogen and oxygen atoms in total. The van der Waals surface area contributed by atoms with Gasteiger partial charge in [-0.2, -0.15) is 0 Å². The molecule has 1 radical (unpaired) electrons. The molecular formula is C10H14NO2. The maximum Gasteiger partial charge on any atom is 0.220 e. The Balaban J connectivity index is 2.89. The number of ether oxygens (including phenoxy) is 2. The van der Waals surface area contributed by atoms with Crippen molar-refractivity contribution in [2.75, 3.05) is 13.2 Å². The Kier molecular flexibility index (Phi) is 3.55. The highest BCUT2D eigenvalue weighted by atomic mass is 16.5. The summed E-state index contributed by atoms with van der Waals surface area (Å²) in [6, 6.07) is 1.79. The molecule has 0 aliphatic carbocycles. The Morgan fingerprint density at radius 3 is 2.62 bits per heavy atom. The summed E-state index contributed by atoms with van der Waals surface area (Å²) in [4.78, 5) is 4.05. The van der Waals surface area contributed by atoms with Crippen LogP contribution in [0.25, 0.3) is 0 Å². The quantitative estimate of drug-likeness (QED) is 0.710. The third kappa shape index (κ3) is 2.34. The Labute approximate surface area is 78.7 Å². The van der Waals surface area contributed by atoms with Gasteiger partial charge in [-0.1, -0.05) is 0 Å². The topological polar surface area (TPSA) is 31.4 Å². The second-order valence-corrected chi connectivity index (χ2v) is 2.46. The van der Waals surface area contributed by atoms with Crippen molar-refractivity contribution < 1.29 is 9.47 Å². The van der Waals surface area contributed by atoms with Crippen molar-refractivity contribution in [3.63, 3.8) is 0 Å². The predicted molar refractivity (Wildman–Crippen MR) is 51.0 cm³/mol. The fraction of sp³-hybridized carbons (Fsp3) is 0.400. The van der Waals surface area contributed by atoms with Crippen molar-refractivity contribution in [1.29, 1.82) is 0 Å². The van der Waals surface area contributed by atoms with Gasteiger partial charge in [0, 0.05) is 6.20 Å². The first-order valence-electron chi connectivity index (χ1n) is 4.36. The molecule has 3 heteroatoms. The maximum absolute atomic E-state index is 5.34. The van der Waals surface area contributed by atoms with Gasteiger partial charge in [-0.25, -0.2) is 4.98 Å². The highest BCUT2D eigenvalue weighted by molar-refractivity contribution is 5.41. The van der Waals surface area contributed by atoms with Crippen LogP contribution in [0.2, 0.25) is 0 Å². The van der Waals surface area contributed by atoms with Gasteiger partial charge in [0.25, 0.3) is 0 Å². The second kappa shape index (κ2) is 4.70. The first kappa shape index (κ1) is 9.84. The Morgan fingerprint density at radius 2 is 2.00 bits per heavy atom. The summed E-state index contributed by atoms with van der Waals surface area (Å²) in [5.74, 6) is 1.29. The third-order valence-electron chi connectivity index (χ3n) is 1.55. The molecule has 13 heavy (non-hydrogen) atoms. The minimum absolute atomic E-state index is 0.549. The van der Waals surface area contributed by atoms with Crippen LogP contribution in [0, 0.1) is 6.92 Å². The molecule has 0 aromatic carbocycles. The summed E-state index contributed by atoms with van der Waals surface area (Å²) in [5, 5.41) is 0. The molecule has 0 saturated heterocycles. The van der Waals surface area contributed by atoms with Crippen molar-refractivity contribution in [3.05, 3.63) is 24.8 Å². The zero-order valence-corrected chi connectivity index (χ0v) is 8.04. The van der Waals surface area contributed by atoms with E-state index in [0.29, 0.717) is 24.7 Å². The lowest BCUT2D eigenvalue weighted by molar-refractivity contribution is 0.311. The average molecular weight is 180 g/mol. The van der Waals surface area contributed by atoms with E-state index in [4.69, 9.17) is 9.47 Å². The SMILES string of the molecule is [CH2]c1c(OCC)ccnc1OCC. The standard InChI is InChI=1S/C10H14NO2/c1-4-12-9-6-7-11-10(8(9)3)13-5-2/h6-7H,3-5H2,1-2H3. The molecule has 1 heterocycles. The van der Waals surface area contributed by atoms with E-state index in [1.54, 1.807) is 12.3 Å². The van der Waals surface area contributed by atoms with Crippen molar-refractivity contribution in [2.24, 2.45) is 0 Å². The fourth-order valence-electron chi connectivity index (χ4n) is 1.01. The van der Waals surface area contributed by atoms with Crippen LogP contribution in [0.3, 0.4) is 0 Å². The molecule has 1 rings (SSSR count). The average Bonchev–Trinajstić information content (AvgIpc) is 2.13. The van der Waals surface area contributed by atoms with Crippen LogP contribution < -0.4 is 9.47 Å². The number of nitrogens with zero attached hydrogens (tertiary/aromatic N) is 1. The first-order valence-corrected chi connectivity index (χ1v) is 4.36. The highest BCUT2D eigenvalue weighted by Gasteiger charge is 2.05. The maximum atomic E-state index is 5.34. The van der Waals surface area contributed by atoms with E-state index in [2.05, 4.69) is 11.9 Å². The molecule has 0 amide bonds. The van der Waals surface area contributed by atoms with Gasteiger partial charge in [0.2, 0.25) is 5.88 Å². The lowest BCUT2D eigenvalue weighted by atomic mass is 10.3. The summed E-state index contributed by atoms with van der Waals surface area (Å²) < 4.78 is 10.6. The molecule has 1 aromatic rings. The van der Waals surface area contributed by atoms with Crippen molar-refractivity contribution in [3.8, 4) is 11.6 Å². The van der Waals surface area contributed by atoms with Gasteiger partial charge in [0.1, 0.15) is 5.75 Å². The largest absolute Gasteiger partial charge is 0.493 e. The lowest BCUT2D eigenvalue weighted by Gasteiger charge is -2.09. The summed E-state index contributed by atoms with van der Waals surface area (Å²) in [5.41, 5.74) is 0.714. The van der Waals surface area contributed by atoms with Crippen LogP contribution in [0.4, 0.5) is 0 Å². The fourth-order valence-corrected chi connectivity index (χ4v) is 1.01. The first-order chi connectivity index (χ1) is 6.29. The number of hydrogen-bond donors (Lipinski definition) is 0. The van der Waals surface area contributed by atoms with Gasteiger partial charge < -0.3 is 9.47 Å². The molecule has 0 spiro atoms. The summed E-state index contributed by atoms with van der Waals surface area (Å²) >= 11 is 0. The molecule has 0 atom stereocenters. The van der Waals surface area contributed by atoms with E-state index < -0.39 is 0 Å². The number of aromatic nitrogens is 1. The molecule has 0 fully saturated rings. The van der Waals surface area contributed by atoms with Gasteiger partial charge in [-0.15, -0.1) is 0 Å². The summed E-state index contributed by atoms with van der Waals surface area (Å²) in [6.45, 7) is 8.90. The second-order valence-electron chi connectivity index (χ2n) is 2.46. The van der Waals surface area contributed by atoms with E-state index >= 15 is 0 Å². The molecule has 1 aromatic heterocycles. The van der Waals surface area contributed by atoms with Gasteiger partial charge in [-0.05, 0) is 26.8 Å². The lowest BCUT2D eigenvalue weighted by Crippen LogP contribution is -2.00. The predicted octanol–water partition coefficient (Wildman–Crippen LogP) is 2.06. The van der Waals surface area contributed by atoms with E-state index in [1.807, 2.05) is 13.8 Å². The zero-order valence-electron chi connectivity index (χ0n) is 8.04. The normalized spacial score (nSPS) is 9.77. The van der Waals surface area contributed by atoms with Crippen LogP contribution in [-0.4, -0.2) is 18.2 Å². The van der Waals surface area contributed by atoms with Crippen LogP contribution in [-0.2, 0) is 0 Å². The number of hydrogen-bond acceptors (Lipinski definition) is 3. The minimum Gasteiger partial charge on any atom is -0.493 e. The molecular weight excluding hydrogens is 166 g/mol. The van der Waals surface area contributed by atoms with Gasteiger partial charge in [0.05, 0.1) is 18.8 Å². The van der Waals surface area contributed by atoms with E-state index in [0.717, 1.165) is 5.75 Å². The van der Waals surface area contributed by atoms with E-state index in [-0.39, 0.29) is 0 Å². The molecule has 0 aliphatic heterocycles. The summed E-state index contributed by atoms with van der Waals surface area (Å²) in [7, 11) is 0. The molecule has 0 unspecified atom stereocenters. The van der Waals surface area contributed by atoms with Gasteiger partial charge >= 0.3 is 0 Å². The number of rotatable bonds is 4. The van der Waals surface area contributed by atoms with Crippen LogP contribution >= 0.6 is 0 Å². The van der Waals surface area contributed by atoms with Crippen molar-refractivity contribution in [2.45, 2.75) is 13.8 Å². The molecule has 0 aliphatic rings. The molecule has 0 N–H and O–H groups in total. The molecule has 0 bridgehead atoms. The van der Waals surface area contributed by atoms with Crippen molar-refractivity contribution >= 4 is 0 Å². The van der Waals surface area contributed by atoms with E-state index in [9.17, 15) is 0 Å². The van der Waals surface area contributed by atoms with Crippen molar-refractivity contribution in [1.82, 2.24) is 4.98 Å². The van der Waals surface area contributed by atoms with E-state index in [1.165, 1.54) is 0 Å². The third-order valence-corrected chi connectivity index (χ3v) is 1.55. The van der Waals surface area contributed by atoms with Crippen LogP contribution in [0.1, 0.15) is 19.4 Å². The van der Waals surface area contributed by atoms with Gasteiger partial charge in [0.15, 0.2) is 0 Å². The number of pyridine rings is 1. The van der Waals surface area contributed by atoms with Crippen LogP contribution in [0.15, 0.2) is 12.3 Å². The highest BCUT2D eigenvalue weighted by Crippen LogP contribution is 2.24. The summed E-state index contributed by atoms with van der Waals surface area (Å²) in [6.07, 6.45) is 1.66. The Morgan fingerprint density at radius 1 is 1.31 bits per heavy atom. The Hall–Kier alpha value is -1.25. The Bertz CT molecular complexity index is 249. The zero-order chi connectivity index (χ0) is 9.68. The van der Waals surface area contributed by atoms with Gasteiger partial charge in [-0.3, -0.25) is 0 Å². The molecule has 71 valence electrons. The monoisotopic (exact) mass is 180 g/mol. The van der Waals surface area contributed by atoms with Crippen LogP contribution in [0.5, 0.6) is 11.6 Å². The smallest absolute Gasteiger partial charge is 0.220 e. The molecule has 0 saturated carbocycles. The minimum atomic E-state index is 0.549.